The number of hydrogen-bond donors (Lipinski definition) is 1. The van der Waals surface area contributed by atoms with Gasteiger partial charge in [0.1, 0.15) is 0 Å². The van der Waals surface area contributed by atoms with Crippen LogP contribution in [-0.4, -0.2) is 33.1 Å². The maximum Gasteiger partial charge on any atom is 0.373 e. The molecule has 1 aromatic heterocycles. The minimum absolute atomic E-state index is 0.0592. The van der Waals surface area contributed by atoms with Gasteiger partial charge >= 0.3 is 11.9 Å². The Kier molecular flexibility index (Phi) is 3.33. The molecule has 80 valence electrons. The van der Waals surface area contributed by atoms with Crippen LogP contribution >= 0.6 is 0 Å². The second-order valence-electron chi connectivity index (χ2n) is 3.02. The van der Waals surface area contributed by atoms with Crippen molar-refractivity contribution >= 4 is 11.9 Å². The van der Waals surface area contributed by atoms with Gasteiger partial charge in [0.2, 0.25) is 5.82 Å². The summed E-state index contributed by atoms with van der Waals surface area (Å²) in [6.45, 7) is 3.38. The lowest BCUT2D eigenvalue weighted by atomic mass is 10.4. The highest BCUT2D eigenvalue weighted by Gasteiger charge is 2.14. The van der Waals surface area contributed by atoms with Crippen LogP contribution in [0.15, 0.2) is 12.3 Å². The van der Waals surface area contributed by atoms with E-state index in [-0.39, 0.29) is 11.8 Å². The molecule has 0 atom stereocenters. The van der Waals surface area contributed by atoms with Crippen molar-refractivity contribution in [3.63, 3.8) is 0 Å². The average Bonchev–Trinajstić information content (AvgIpc) is 2.17. The molecular weight excluding hydrogens is 200 g/mol. The highest BCUT2D eigenvalue weighted by Crippen LogP contribution is 2.01. The average molecular weight is 210 g/mol. The van der Waals surface area contributed by atoms with E-state index in [1.54, 1.807) is 13.8 Å². The number of carboxylic acids is 1. The van der Waals surface area contributed by atoms with Gasteiger partial charge in [0.05, 0.1) is 6.10 Å². The summed E-state index contributed by atoms with van der Waals surface area (Å²) in [6, 6.07) is 1.30. The van der Waals surface area contributed by atoms with Crippen molar-refractivity contribution < 1.29 is 19.4 Å². The van der Waals surface area contributed by atoms with Crippen LogP contribution < -0.4 is 0 Å². The number of nitrogens with zero attached hydrogens (tertiary/aromatic N) is 2. The summed E-state index contributed by atoms with van der Waals surface area (Å²) >= 11 is 0. The van der Waals surface area contributed by atoms with Crippen LogP contribution in [0.25, 0.3) is 0 Å². The van der Waals surface area contributed by atoms with E-state index in [4.69, 9.17) is 9.84 Å². The number of rotatable bonds is 3. The number of carboxylic acid groups (broad SMARTS) is 1. The van der Waals surface area contributed by atoms with E-state index in [0.717, 1.165) is 0 Å². The molecule has 0 radical (unpaired) electrons. The van der Waals surface area contributed by atoms with Crippen molar-refractivity contribution in [1.82, 2.24) is 9.97 Å². The predicted octanol–water partition coefficient (Wildman–Crippen LogP) is 0.740. The molecule has 15 heavy (non-hydrogen) atoms. The van der Waals surface area contributed by atoms with Gasteiger partial charge in [-0.3, -0.25) is 0 Å². The second-order valence-corrected chi connectivity index (χ2v) is 3.02. The summed E-state index contributed by atoms with van der Waals surface area (Å²) in [7, 11) is 0. The number of carbonyl (C=O) groups is 2. The summed E-state index contributed by atoms with van der Waals surface area (Å²) in [6.07, 6.45) is 0.925. The zero-order valence-corrected chi connectivity index (χ0v) is 8.30. The first-order valence-electron chi connectivity index (χ1n) is 4.28. The van der Waals surface area contributed by atoms with Crippen LogP contribution in [0.2, 0.25) is 0 Å². The molecule has 1 N–H and O–H groups in total. The van der Waals surface area contributed by atoms with Crippen LogP contribution in [-0.2, 0) is 4.74 Å². The predicted molar refractivity (Wildman–Crippen MR) is 49.5 cm³/mol. The van der Waals surface area contributed by atoms with Crippen molar-refractivity contribution in [3.05, 3.63) is 23.8 Å². The highest BCUT2D eigenvalue weighted by atomic mass is 16.5. The summed E-state index contributed by atoms with van der Waals surface area (Å²) in [5.41, 5.74) is -0.0592. The molecule has 0 saturated carbocycles. The highest BCUT2D eigenvalue weighted by molar-refractivity contribution is 5.89. The van der Waals surface area contributed by atoms with E-state index in [1.807, 2.05) is 0 Å². The quantitative estimate of drug-likeness (QED) is 0.740. The molecule has 0 amide bonds. The Morgan fingerprint density at radius 2 is 2.13 bits per heavy atom. The monoisotopic (exact) mass is 210 g/mol. The fourth-order valence-electron chi connectivity index (χ4n) is 0.850. The summed E-state index contributed by atoms with van der Waals surface area (Å²) in [5, 5.41) is 8.60. The molecule has 1 rings (SSSR count). The van der Waals surface area contributed by atoms with E-state index < -0.39 is 17.8 Å². The van der Waals surface area contributed by atoms with Gasteiger partial charge in [-0.1, -0.05) is 0 Å². The number of hydrogen-bond acceptors (Lipinski definition) is 5. The van der Waals surface area contributed by atoms with Crippen molar-refractivity contribution in [2.45, 2.75) is 20.0 Å². The van der Waals surface area contributed by atoms with Crippen molar-refractivity contribution in [2.24, 2.45) is 0 Å². The first-order chi connectivity index (χ1) is 7.00. The number of aromatic nitrogens is 2. The van der Waals surface area contributed by atoms with Crippen molar-refractivity contribution in [2.75, 3.05) is 0 Å². The van der Waals surface area contributed by atoms with Crippen LogP contribution in [0, 0.1) is 0 Å². The lowest BCUT2D eigenvalue weighted by Crippen LogP contribution is -2.15. The fraction of sp³-hybridized carbons (Fsp3) is 0.333. The summed E-state index contributed by atoms with van der Waals surface area (Å²) < 4.78 is 4.85. The normalized spacial score (nSPS) is 10.1. The van der Waals surface area contributed by atoms with Gasteiger partial charge in [-0.05, 0) is 19.9 Å². The Hall–Kier alpha value is -1.98. The third-order valence-corrected chi connectivity index (χ3v) is 1.40. The van der Waals surface area contributed by atoms with Crippen molar-refractivity contribution in [3.8, 4) is 0 Å². The molecule has 0 saturated heterocycles. The molecule has 6 heteroatoms. The molecule has 0 aromatic carbocycles. The molecule has 0 spiro atoms. The standard InChI is InChI=1S/C9H10N2O4/c1-5(2)15-9(14)6-3-4-10-7(11-6)8(12)13/h3-5H,1-2H3,(H,12,13). The lowest BCUT2D eigenvalue weighted by Gasteiger charge is -2.06. The molecule has 0 bridgehead atoms. The molecule has 0 fully saturated rings. The van der Waals surface area contributed by atoms with Gasteiger partial charge in [-0.25, -0.2) is 19.6 Å². The largest absolute Gasteiger partial charge is 0.475 e. The number of esters is 1. The second kappa shape index (κ2) is 4.50. The third kappa shape index (κ3) is 3.01. The Bertz CT molecular complexity index is 389. The minimum Gasteiger partial charge on any atom is -0.475 e. The molecule has 6 nitrogen and oxygen atoms in total. The third-order valence-electron chi connectivity index (χ3n) is 1.40. The summed E-state index contributed by atoms with van der Waals surface area (Å²) in [5.74, 6) is -2.36. The van der Waals surface area contributed by atoms with Crippen LogP contribution in [0.1, 0.15) is 35.0 Å². The van der Waals surface area contributed by atoms with E-state index in [9.17, 15) is 9.59 Å². The topological polar surface area (TPSA) is 89.4 Å². The first kappa shape index (κ1) is 11.1. The number of aromatic carboxylic acids is 1. The zero-order chi connectivity index (χ0) is 11.4. The van der Waals surface area contributed by atoms with E-state index in [0.29, 0.717) is 0 Å². The van der Waals surface area contributed by atoms with Gasteiger partial charge in [0.25, 0.3) is 0 Å². The molecule has 1 heterocycles. The molecule has 0 aliphatic rings. The van der Waals surface area contributed by atoms with Gasteiger partial charge < -0.3 is 9.84 Å². The first-order valence-corrected chi connectivity index (χ1v) is 4.28. The number of carbonyl (C=O) groups excluding carboxylic acids is 1. The number of ether oxygens (including phenoxy) is 1. The Labute approximate surface area is 85.9 Å². The van der Waals surface area contributed by atoms with Gasteiger partial charge in [0, 0.05) is 6.20 Å². The van der Waals surface area contributed by atoms with Crippen LogP contribution in [0.5, 0.6) is 0 Å². The van der Waals surface area contributed by atoms with Crippen LogP contribution in [0.3, 0.4) is 0 Å². The summed E-state index contributed by atoms with van der Waals surface area (Å²) in [4.78, 5) is 28.9. The molecule has 1 aromatic rings. The van der Waals surface area contributed by atoms with E-state index in [1.165, 1.54) is 12.3 Å². The smallest absolute Gasteiger partial charge is 0.373 e. The van der Waals surface area contributed by atoms with E-state index >= 15 is 0 Å². The fourth-order valence-corrected chi connectivity index (χ4v) is 0.850. The van der Waals surface area contributed by atoms with Gasteiger partial charge in [0.15, 0.2) is 5.69 Å². The SMILES string of the molecule is CC(C)OC(=O)c1ccnc(C(=O)O)n1. The maximum atomic E-state index is 11.3. The molecule has 0 aliphatic carbocycles. The Morgan fingerprint density at radius 1 is 1.47 bits per heavy atom. The Morgan fingerprint density at radius 3 is 2.67 bits per heavy atom. The van der Waals surface area contributed by atoms with E-state index in [2.05, 4.69) is 9.97 Å². The van der Waals surface area contributed by atoms with Gasteiger partial charge in [-0.15, -0.1) is 0 Å². The maximum absolute atomic E-state index is 11.3. The Balaban J connectivity index is 2.90. The molecule has 0 aliphatic heterocycles. The lowest BCUT2D eigenvalue weighted by molar-refractivity contribution is 0.0370. The van der Waals surface area contributed by atoms with Crippen LogP contribution in [0.4, 0.5) is 0 Å². The molecule has 0 unspecified atom stereocenters. The van der Waals surface area contributed by atoms with Gasteiger partial charge in [-0.2, -0.15) is 0 Å². The van der Waals surface area contributed by atoms with Crippen molar-refractivity contribution in [1.29, 1.82) is 0 Å². The minimum atomic E-state index is -1.28. The molecular formula is C9H10N2O4. The zero-order valence-electron chi connectivity index (χ0n) is 8.30.